The van der Waals surface area contributed by atoms with Crippen LogP contribution in [0.3, 0.4) is 0 Å². The van der Waals surface area contributed by atoms with Gasteiger partial charge in [0.05, 0.1) is 0 Å². The molecular weight excluding hydrogens is 562 g/mol. The van der Waals surface area contributed by atoms with Gasteiger partial charge >= 0.3 is 175 Å². The number of rotatable bonds is 2. The van der Waals surface area contributed by atoms with Crippen molar-refractivity contribution in [2.45, 2.75) is 39.2 Å². The Morgan fingerprint density at radius 1 is 1.07 bits per heavy atom. The number of hydrogen-bond donors (Lipinski definition) is 1. The number of halogens is 3. The van der Waals surface area contributed by atoms with E-state index in [4.69, 9.17) is 0 Å². The average molecular weight is 594 g/mol. The van der Waals surface area contributed by atoms with Crippen molar-refractivity contribution in [3.05, 3.63) is 58.2 Å². The molecule has 2 aromatic carbocycles. The third kappa shape index (κ3) is 4.25. The van der Waals surface area contributed by atoms with E-state index in [-0.39, 0.29) is 30.4 Å². The molecule has 158 valence electrons. The average Bonchev–Trinajstić information content (AvgIpc) is 2.99. The van der Waals surface area contributed by atoms with Crippen LogP contribution in [0.2, 0.25) is 9.26 Å². The van der Waals surface area contributed by atoms with Gasteiger partial charge in [0, 0.05) is 0 Å². The van der Waals surface area contributed by atoms with Gasteiger partial charge in [0.25, 0.3) is 0 Å². The van der Waals surface area contributed by atoms with Crippen molar-refractivity contribution < 1.29 is 17.7 Å². The van der Waals surface area contributed by atoms with Crippen molar-refractivity contribution in [3.8, 4) is 11.1 Å². The Labute approximate surface area is 198 Å². The van der Waals surface area contributed by atoms with Gasteiger partial charge < -0.3 is 0 Å². The minimum atomic E-state index is -3.35. The first-order valence-electron chi connectivity index (χ1n) is 9.62. The summed E-state index contributed by atoms with van der Waals surface area (Å²) in [5.74, 6) is 0. The van der Waals surface area contributed by atoms with Crippen molar-refractivity contribution in [2.24, 2.45) is 7.05 Å². The van der Waals surface area contributed by atoms with Crippen molar-refractivity contribution in [3.63, 3.8) is 0 Å². The van der Waals surface area contributed by atoms with Crippen molar-refractivity contribution in [2.75, 3.05) is 0 Å². The summed E-state index contributed by atoms with van der Waals surface area (Å²) in [7, 11) is 2.25. The van der Waals surface area contributed by atoms with E-state index in [0.717, 1.165) is 0 Å². The quantitative estimate of drug-likeness (QED) is 0.336. The number of fused-ring (bicyclic) bond motifs is 5. The number of nitrogens with zero attached hydrogens (tertiary/aromatic N) is 1. The van der Waals surface area contributed by atoms with Gasteiger partial charge in [-0.2, -0.15) is 0 Å². The van der Waals surface area contributed by atoms with Crippen LogP contribution < -0.4 is 3.26 Å². The minimum absolute atomic E-state index is 0. The third-order valence-electron chi connectivity index (χ3n) is 5.73. The first-order chi connectivity index (χ1) is 12.4. The van der Waals surface area contributed by atoms with Crippen LogP contribution in [0.25, 0.3) is 22.0 Å². The van der Waals surface area contributed by atoms with Crippen LogP contribution in [-0.2, 0) is 24.7 Å². The van der Waals surface area contributed by atoms with E-state index in [1.807, 2.05) is 0 Å². The number of aromatic nitrogens is 1. The fraction of sp³-hybridized carbons (Fsp3) is 0.364. The molecule has 2 nitrogen and oxygen atoms in total. The van der Waals surface area contributed by atoms with Crippen molar-refractivity contribution >= 4 is 58.5 Å². The molecule has 29 heavy (non-hydrogen) atoms. The molecule has 1 unspecified atom stereocenters. The molecule has 0 aliphatic heterocycles. The molecule has 0 amide bonds. The van der Waals surface area contributed by atoms with E-state index in [2.05, 4.69) is 110 Å². The summed E-state index contributed by atoms with van der Waals surface area (Å²) in [4.78, 5) is 0. The summed E-state index contributed by atoms with van der Waals surface area (Å²) >= 11 is 0.386. The van der Waals surface area contributed by atoms with Crippen molar-refractivity contribution in [1.29, 1.82) is 0 Å². The zero-order valence-corrected chi connectivity index (χ0v) is 25.1. The molecule has 1 aromatic heterocycles. The van der Waals surface area contributed by atoms with Gasteiger partial charge in [-0.15, -0.1) is 24.8 Å². The molecule has 1 atom stereocenters. The second-order valence-electron chi connectivity index (χ2n) is 10.2. The monoisotopic (exact) mass is 590 g/mol. The fourth-order valence-electron chi connectivity index (χ4n) is 5.42. The molecule has 0 saturated heterocycles. The Morgan fingerprint density at radius 3 is 2.31 bits per heavy atom. The van der Waals surface area contributed by atoms with Gasteiger partial charge in [-0.25, -0.2) is 0 Å². The Morgan fingerprint density at radius 2 is 1.69 bits per heavy atom. The van der Waals surface area contributed by atoms with E-state index in [9.17, 15) is 0 Å². The molecule has 0 fully saturated rings. The number of para-hydroxylation sites is 1. The molecule has 1 heterocycles. The first kappa shape index (κ1) is 25.4. The van der Waals surface area contributed by atoms with Gasteiger partial charge in [0.2, 0.25) is 0 Å². The topological polar surface area (TPSA) is 17.0 Å². The molecule has 1 aliphatic carbocycles. The SMILES string of the molecule is Cl.Cl.Cn1c2c(c3ccccc31)-c1ccc(Br)cc1[CH]2[Zr]([CH3])([CH3])(=[SiH2])[NH]C(C)(C)C. The van der Waals surface area contributed by atoms with Gasteiger partial charge in [-0.05, 0) is 0 Å². The van der Waals surface area contributed by atoms with Crippen LogP contribution in [0, 0.1) is 0 Å². The first-order valence-corrected chi connectivity index (χ1v) is 23.9. The van der Waals surface area contributed by atoms with E-state index in [0.29, 0.717) is 3.63 Å². The Bertz CT molecular complexity index is 1160. The van der Waals surface area contributed by atoms with E-state index in [1.54, 1.807) is 0 Å². The van der Waals surface area contributed by atoms with Crippen LogP contribution >= 0.6 is 40.7 Å². The normalized spacial score (nSPS) is 16.1. The van der Waals surface area contributed by atoms with E-state index in [1.165, 1.54) is 37.8 Å². The van der Waals surface area contributed by atoms with Gasteiger partial charge in [-0.1, -0.05) is 0 Å². The second-order valence-corrected chi connectivity index (χ2v) is 39.8. The standard InChI is InChI=1S/C16H11BrN.C4H10N.2CH3.2ClH.H2Si.Zr/c1-18-14-5-3-2-4-13(14)16-12-7-6-11(17)8-10(12)9-15(16)18;1-4(2,3)5;;;;;;/h2-9H,1H3;5H,1-3H3;2*1H3;2*1H;1H2;/q;-1;;;;;;+1. The molecule has 0 saturated carbocycles. The molecule has 7 heteroatoms. The second kappa shape index (κ2) is 7.90. The zero-order valence-electron chi connectivity index (χ0n) is 18.0. The summed E-state index contributed by atoms with van der Waals surface area (Å²) in [6.45, 7) is 9.21. The molecule has 0 radical (unpaired) electrons. The molecule has 4 rings (SSSR count). The summed E-state index contributed by atoms with van der Waals surface area (Å²) in [6.07, 6.45) is 0. The summed E-state index contributed by atoms with van der Waals surface area (Å²) in [6, 6.07) is 15.7. The number of aryl methyl sites for hydroxylation is 1. The van der Waals surface area contributed by atoms with Gasteiger partial charge in [0.1, 0.15) is 0 Å². The predicted octanol–water partition coefficient (Wildman–Crippen LogP) is 6.49. The molecule has 0 bridgehead atoms. The fourth-order valence-corrected chi connectivity index (χ4v) is 23.8. The summed E-state index contributed by atoms with van der Waals surface area (Å²) in [5.41, 5.74) is 7.32. The maximum absolute atomic E-state index is 4.18. The molecule has 1 aliphatic rings. The molecule has 1 N–H and O–H groups in total. The van der Waals surface area contributed by atoms with Crippen LogP contribution in [0.1, 0.15) is 35.7 Å². The number of hydrogen-bond acceptors (Lipinski definition) is 1. The number of nitrogens with one attached hydrogen (secondary N) is 1. The van der Waals surface area contributed by atoms with Gasteiger partial charge in [0.15, 0.2) is 0 Å². The number of benzene rings is 2. The molecule has 3 aromatic rings. The van der Waals surface area contributed by atoms with Crippen LogP contribution in [0.4, 0.5) is 0 Å². The van der Waals surface area contributed by atoms with Crippen molar-refractivity contribution in [1.82, 2.24) is 7.83 Å². The maximum atomic E-state index is 4.18. The predicted molar refractivity (Wildman–Crippen MR) is 136 cm³/mol. The van der Waals surface area contributed by atoms with Crippen LogP contribution in [0.5, 0.6) is 0 Å². The van der Waals surface area contributed by atoms with Gasteiger partial charge in [-0.3, -0.25) is 0 Å². The summed E-state index contributed by atoms with van der Waals surface area (Å²) < 4.78 is 13.4. The Hall–Kier alpha value is 0.1000. The Kier molecular flexibility index (Phi) is 6.91. The summed E-state index contributed by atoms with van der Waals surface area (Å²) in [5, 5.41) is 1.38. The van der Waals surface area contributed by atoms with E-state index < -0.39 is 17.7 Å². The molecule has 0 spiro atoms. The molecular formula is C22H31BrCl2N2SiZr. The zero-order chi connectivity index (χ0) is 19.8. The Balaban J connectivity index is 0.00000150. The third-order valence-corrected chi connectivity index (χ3v) is 19.5. The van der Waals surface area contributed by atoms with Crippen LogP contribution in [-0.4, -0.2) is 17.0 Å². The van der Waals surface area contributed by atoms with Crippen LogP contribution in [0.15, 0.2) is 46.9 Å². The van der Waals surface area contributed by atoms with E-state index >= 15 is 0 Å².